The first-order valence-electron chi connectivity index (χ1n) is 3.66. The van der Waals surface area contributed by atoms with E-state index in [-0.39, 0.29) is 6.29 Å². The van der Waals surface area contributed by atoms with Gasteiger partial charge in [-0.1, -0.05) is 0 Å². The largest absolute Gasteiger partial charge is 0.351 e. The van der Waals surface area contributed by atoms with E-state index >= 15 is 0 Å². The van der Waals surface area contributed by atoms with E-state index in [1.165, 1.54) is 0 Å². The van der Waals surface area contributed by atoms with E-state index < -0.39 is 0 Å². The van der Waals surface area contributed by atoms with Crippen molar-refractivity contribution in [2.24, 2.45) is 0 Å². The van der Waals surface area contributed by atoms with Crippen LogP contribution in [-0.2, 0) is 9.47 Å². The third-order valence-corrected chi connectivity index (χ3v) is 1.82. The van der Waals surface area contributed by atoms with E-state index in [9.17, 15) is 0 Å². The third-order valence-electron chi connectivity index (χ3n) is 1.57. The van der Waals surface area contributed by atoms with E-state index in [1.807, 2.05) is 6.92 Å². The molecule has 0 aromatic carbocycles. The lowest BCUT2D eigenvalue weighted by Crippen LogP contribution is -2.21. The molecule has 0 bridgehead atoms. The molecule has 1 aliphatic rings. The van der Waals surface area contributed by atoms with Gasteiger partial charge in [-0.3, -0.25) is 0 Å². The first-order valence-corrected chi connectivity index (χ1v) is 4.19. The van der Waals surface area contributed by atoms with Gasteiger partial charge in [0.25, 0.3) is 0 Å². The average Bonchev–Trinajstić information content (AvgIpc) is 2.13. The molecule has 0 aromatic heterocycles. The Morgan fingerprint density at radius 2 is 2.40 bits per heavy atom. The Balaban J connectivity index is 2.30. The Hall–Kier alpha value is 0.210. The Morgan fingerprint density at radius 1 is 1.60 bits per heavy atom. The summed E-state index contributed by atoms with van der Waals surface area (Å²) < 4.78 is 10.7. The van der Waals surface area contributed by atoms with Gasteiger partial charge in [-0.25, -0.2) is 0 Å². The Labute approximate surface area is 66.5 Å². The first kappa shape index (κ1) is 8.31. The molecule has 0 aliphatic carbocycles. The number of alkyl halides is 1. The lowest BCUT2D eigenvalue weighted by atomic mass is 10.2. The van der Waals surface area contributed by atoms with Gasteiger partial charge in [0.2, 0.25) is 0 Å². The molecular formula is C7H13ClO2. The van der Waals surface area contributed by atoms with Crippen LogP contribution in [0.4, 0.5) is 0 Å². The van der Waals surface area contributed by atoms with Crippen LogP contribution in [0, 0.1) is 0 Å². The molecule has 2 unspecified atom stereocenters. The number of halogens is 1. The molecule has 1 fully saturated rings. The molecule has 0 amide bonds. The minimum absolute atomic E-state index is 0.181. The normalized spacial score (nSPS) is 35.4. The minimum Gasteiger partial charge on any atom is -0.351 e. The van der Waals surface area contributed by atoms with Gasteiger partial charge in [-0.2, -0.15) is 0 Å². The second-order valence-corrected chi connectivity index (χ2v) is 2.85. The van der Waals surface area contributed by atoms with Crippen LogP contribution in [-0.4, -0.2) is 24.9 Å². The number of rotatable bonds is 1. The molecule has 0 N–H and O–H groups in total. The highest BCUT2D eigenvalue weighted by atomic mass is 35.5. The maximum atomic E-state index is 5.57. The van der Waals surface area contributed by atoms with Gasteiger partial charge in [0.15, 0.2) is 6.29 Å². The fourth-order valence-corrected chi connectivity index (χ4v) is 1.19. The monoisotopic (exact) mass is 164 g/mol. The second-order valence-electron chi connectivity index (χ2n) is 2.54. The minimum atomic E-state index is -0.181. The Morgan fingerprint density at radius 3 is 3.10 bits per heavy atom. The first-order chi connectivity index (χ1) is 4.83. The molecule has 3 heteroatoms. The van der Waals surface area contributed by atoms with Crippen molar-refractivity contribution < 1.29 is 9.47 Å². The molecule has 1 heterocycles. The van der Waals surface area contributed by atoms with Crippen molar-refractivity contribution in [1.82, 2.24) is 0 Å². The van der Waals surface area contributed by atoms with Gasteiger partial charge < -0.3 is 9.47 Å². The lowest BCUT2D eigenvalue weighted by Gasteiger charge is -2.15. The van der Waals surface area contributed by atoms with Crippen LogP contribution in [0.3, 0.4) is 0 Å². The second kappa shape index (κ2) is 4.16. The van der Waals surface area contributed by atoms with Crippen LogP contribution in [0.5, 0.6) is 0 Å². The summed E-state index contributed by atoms with van der Waals surface area (Å²) in [6.45, 7) is 2.83. The van der Waals surface area contributed by atoms with Gasteiger partial charge in [0.05, 0.1) is 12.0 Å². The Bertz CT molecular complexity index is 97.6. The SMILES string of the molecule is CC1CCCOC(CCl)O1. The predicted molar refractivity (Wildman–Crippen MR) is 40.2 cm³/mol. The van der Waals surface area contributed by atoms with Crippen molar-refractivity contribution >= 4 is 11.6 Å². The van der Waals surface area contributed by atoms with Crippen molar-refractivity contribution in [3.8, 4) is 0 Å². The number of hydrogen-bond donors (Lipinski definition) is 0. The molecule has 0 radical (unpaired) electrons. The maximum Gasteiger partial charge on any atom is 0.171 e. The van der Waals surface area contributed by atoms with Crippen molar-refractivity contribution in [3.05, 3.63) is 0 Å². The summed E-state index contributed by atoms with van der Waals surface area (Å²) in [6.07, 6.45) is 2.27. The highest BCUT2D eigenvalue weighted by Gasteiger charge is 2.15. The zero-order chi connectivity index (χ0) is 7.40. The zero-order valence-corrected chi connectivity index (χ0v) is 6.93. The van der Waals surface area contributed by atoms with E-state index in [2.05, 4.69) is 0 Å². The molecule has 0 aromatic rings. The van der Waals surface area contributed by atoms with Gasteiger partial charge in [-0.05, 0) is 19.8 Å². The van der Waals surface area contributed by atoms with Crippen LogP contribution in [0.1, 0.15) is 19.8 Å². The fraction of sp³-hybridized carbons (Fsp3) is 1.00. The van der Waals surface area contributed by atoms with Crippen molar-refractivity contribution in [3.63, 3.8) is 0 Å². The van der Waals surface area contributed by atoms with Crippen molar-refractivity contribution in [2.45, 2.75) is 32.2 Å². The third kappa shape index (κ3) is 2.45. The van der Waals surface area contributed by atoms with Crippen LogP contribution in [0.15, 0.2) is 0 Å². The zero-order valence-electron chi connectivity index (χ0n) is 6.18. The van der Waals surface area contributed by atoms with E-state index in [0.29, 0.717) is 12.0 Å². The molecule has 2 atom stereocenters. The van der Waals surface area contributed by atoms with Gasteiger partial charge >= 0.3 is 0 Å². The topological polar surface area (TPSA) is 18.5 Å². The summed E-state index contributed by atoms with van der Waals surface area (Å²) in [5.41, 5.74) is 0. The number of hydrogen-bond acceptors (Lipinski definition) is 2. The van der Waals surface area contributed by atoms with E-state index in [4.69, 9.17) is 21.1 Å². The molecule has 0 saturated carbocycles. The standard InChI is InChI=1S/C7H13ClO2/c1-6-3-2-4-9-7(5-8)10-6/h6-7H,2-5H2,1H3. The highest BCUT2D eigenvalue weighted by Crippen LogP contribution is 2.12. The van der Waals surface area contributed by atoms with Gasteiger partial charge in [0.1, 0.15) is 0 Å². The molecular weight excluding hydrogens is 152 g/mol. The molecule has 1 aliphatic heterocycles. The van der Waals surface area contributed by atoms with Crippen molar-refractivity contribution in [2.75, 3.05) is 12.5 Å². The summed E-state index contributed by atoms with van der Waals surface area (Å²) in [7, 11) is 0. The highest BCUT2D eigenvalue weighted by molar-refractivity contribution is 6.18. The lowest BCUT2D eigenvalue weighted by molar-refractivity contribution is -0.134. The van der Waals surface area contributed by atoms with E-state index in [0.717, 1.165) is 19.4 Å². The molecule has 60 valence electrons. The van der Waals surface area contributed by atoms with E-state index in [1.54, 1.807) is 0 Å². The summed E-state index contributed by atoms with van der Waals surface area (Å²) in [5, 5.41) is 0. The average molecular weight is 165 g/mol. The summed E-state index contributed by atoms with van der Waals surface area (Å²) in [5.74, 6) is 0.435. The Kier molecular flexibility index (Phi) is 3.46. The van der Waals surface area contributed by atoms with Crippen LogP contribution < -0.4 is 0 Å². The summed E-state index contributed by atoms with van der Waals surface area (Å²) >= 11 is 5.57. The van der Waals surface area contributed by atoms with Gasteiger partial charge in [-0.15, -0.1) is 11.6 Å². The number of ether oxygens (including phenoxy) is 2. The predicted octanol–water partition coefficient (Wildman–Crippen LogP) is 1.77. The molecule has 0 spiro atoms. The van der Waals surface area contributed by atoms with Crippen LogP contribution in [0.25, 0.3) is 0 Å². The van der Waals surface area contributed by atoms with Crippen molar-refractivity contribution in [1.29, 1.82) is 0 Å². The van der Waals surface area contributed by atoms with Gasteiger partial charge in [0, 0.05) is 6.61 Å². The molecule has 1 rings (SSSR count). The van der Waals surface area contributed by atoms with Crippen LogP contribution >= 0.6 is 11.6 Å². The fourth-order valence-electron chi connectivity index (χ4n) is 1.03. The molecule has 10 heavy (non-hydrogen) atoms. The summed E-state index contributed by atoms with van der Waals surface area (Å²) in [4.78, 5) is 0. The quantitative estimate of drug-likeness (QED) is 0.550. The van der Waals surface area contributed by atoms with Crippen LogP contribution in [0.2, 0.25) is 0 Å². The smallest absolute Gasteiger partial charge is 0.171 e. The molecule has 2 nitrogen and oxygen atoms in total. The summed E-state index contributed by atoms with van der Waals surface area (Å²) in [6, 6.07) is 0. The molecule has 1 saturated heterocycles. The maximum absolute atomic E-state index is 5.57.